The Labute approximate surface area is 181 Å². The maximum Gasteiger partial charge on any atom is 0.262 e. The van der Waals surface area contributed by atoms with E-state index in [4.69, 9.17) is 4.74 Å². The molecule has 31 heavy (non-hydrogen) atoms. The normalized spacial score (nSPS) is 13.5. The van der Waals surface area contributed by atoms with Crippen LogP contribution in [0.2, 0.25) is 0 Å². The molecule has 7 nitrogen and oxygen atoms in total. The zero-order valence-corrected chi connectivity index (χ0v) is 17.8. The minimum absolute atomic E-state index is 0.112. The second kappa shape index (κ2) is 9.04. The van der Waals surface area contributed by atoms with Crippen LogP contribution in [0.25, 0.3) is 0 Å². The van der Waals surface area contributed by atoms with Crippen LogP contribution in [0.3, 0.4) is 0 Å². The van der Waals surface area contributed by atoms with Gasteiger partial charge >= 0.3 is 0 Å². The lowest BCUT2D eigenvalue weighted by Crippen LogP contribution is -2.24. The molecule has 1 aliphatic rings. The Morgan fingerprint density at radius 1 is 1.13 bits per heavy atom. The first-order chi connectivity index (χ1) is 15.0. The van der Waals surface area contributed by atoms with Gasteiger partial charge in [-0.25, -0.2) is 0 Å². The van der Waals surface area contributed by atoms with E-state index in [2.05, 4.69) is 10.4 Å². The van der Waals surface area contributed by atoms with E-state index in [1.807, 2.05) is 61.0 Å². The maximum absolute atomic E-state index is 12.4. The number of nitrogens with one attached hydrogen (secondary N) is 1. The van der Waals surface area contributed by atoms with Crippen LogP contribution in [0.5, 0.6) is 5.75 Å². The van der Waals surface area contributed by atoms with Crippen molar-refractivity contribution in [2.75, 3.05) is 23.4 Å². The van der Waals surface area contributed by atoms with Gasteiger partial charge in [-0.05, 0) is 56.2 Å². The predicted octanol–water partition coefficient (Wildman–Crippen LogP) is 3.69. The number of hydrogen-bond acceptors (Lipinski definition) is 4. The lowest BCUT2D eigenvalue weighted by molar-refractivity contribution is -0.118. The second-order valence-corrected chi connectivity index (χ2v) is 7.77. The lowest BCUT2D eigenvalue weighted by Gasteiger charge is -2.16. The SMILES string of the molecule is Cc1cc(C)n(Cc2cccc(NC(=O)COc3cccc(N4CCCC4=O)c3)c2)n1. The van der Waals surface area contributed by atoms with E-state index < -0.39 is 0 Å². The number of ether oxygens (including phenoxy) is 1. The van der Waals surface area contributed by atoms with Gasteiger partial charge in [-0.3, -0.25) is 14.3 Å². The highest BCUT2D eigenvalue weighted by Gasteiger charge is 2.21. The monoisotopic (exact) mass is 418 g/mol. The van der Waals surface area contributed by atoms with Crippen LogP contribution in [0.15, 0.2) is 54.6 Å². The summed E-state index contributed by atoms with van der Waals surface area (Å²) in [6.07, 6.45) is 1.44. The second-order valence-electron chi connectivity index (χ2n) is 7.77. The number of nitrogens with zero attached hydrogens (tertiary/aromatic N) is 3. The molecule has 0 saturated carbocycles. The van der Waals surface area contributed by atoms with E-state index >= 15 is 0 Å². The summed E-state index contributed by atoms with van der Waals surface area (Å²) in [6.45, 7) is 5.24. The van der Waals surface area contributed by atoms with E-state index in [-0.39, 0.29) is 18.4 Å². The van der Waals surface area contributed by atoms with Crippen molar-refractivity contribution < 1.29 is 14.3 Å². The minimum atomic E-state index is -0.245. The minimum Gasteiger partial charge on any atom is -0.484 e. The summed E-state index contributed by atoms with van der Waals surface area (Å²) in [4.78, 5) is 26.1. The Kier molecular flexibility index (Phi) is 6.02. The van der Waals surface area contributed by atoms with Crippen molar-refractivity contribution in [1.29, 1.82) is 0 Å². The predicted molar refractivity (Wildman–Crippen MR) is 119 cm³/mol. The first kappa shape index (κ1) is 20.7. The molecule has 7 heteroatoms. The van der Waals surface area contributed by atoms with Gasteiger partial charge < -0.3 is 15.0 Å². The van der Waals surface area contributed by atoms with Gasteiger partial charge in [0, 0.05) is 36.1 Å². The molecule has 2 aromatic carbocycles. The summed E-state index contributed by atoms with van der Waals surface area (Å²) in [6, 6.07) is 17.0. The average molecular weight is 418 g/mol. The largest absolute Gasteiger partial charge is 0.484 e. The Bertz CT molecular complexity index is 1110. The van der Waals surface area contributed by atoms with Gasteiger partial charge in [0.15, 0.2) is 6.61 Å². The van der Waals surface area contributed by atoms with E-state index in [0.29, 0.717) is 24.4 Å². The fraction of sp³-hybridized carbons (Fsp3) is 0.292. The zero-order chi connectivity index (χ0) is 21.8. The highest BCUT2D eigenvalue weighted by Crippen LogP contribution is 2.25. The Morgan fingerprint density at radius 3 is 2.71 bits per heavy atom. The molecule has 0 aliphatic carbocycles. The molecule has 0 atom stereocenters. The molecule has 0 bridgehead atoms. The number of aromatic nitrogens is 2. The van der Waals surface area contributed by atoms with Crippen molar-refractivity contribution >= 4 is 23.2 Å². The molecule has 1 saturated heterocycles. The standard InChI is InChI=1S/C24H26N4O3/c1-17-12-18(2)28(26-17)15-19-6-3-7-20(13-19)25-23(29)16-31-22-9-4-8-21(14-22)27-11-5-10-24(27)30/h3-4,6-9,12-14H,5,10-11,15-16H2,1-2H3,(H,25,29). The van der Waals surface area contributed by atoms with Gasteiger partial charge in [0.1, 0.15) is 5.75 Å². The van der Waals surface area contributed by atoms with Crippen molar-refractivity contribution in [3.8, 4) is 5.75 Å². The highest BCUT2D eigenvalue weighted by atomic mass is 16.5. The molecule has 0 spiro atoms. The first-order valence-electron chi connectivity index (χ1n) is 10.4. The van der Waals surface area contributed by atoms with Gasteiger partial charge in [-0.15, -0.1) is 0 Å². The van der Waals surface area contributed by atoms with Crippen LogP contribution in [0, 0.1) is 13.8 Å². The van der Waals surface area contributed by atoms with Crippen molar-refractivity contribution in [2.24, 2.45) is 0 Å². The molecule has 0 radical (unpaired) electrons. The molecule has 1 aliphatic heterocycles. The Balaban J connectivity index is 1.34. The van der Waals surface area contributed by atoms with Gasteiger partial charge in [-0.2, -0.15) is 5.10 Å². The zero-order valence-electron chi connectivity index (χ0n) is 17.8. The molecule has 4 rings (SSSR count). The molecular formula is C24H26N4O3. The number of rotatable bonds is 7. The topological polar surface area (TPSA) is 76.5 Å². The van der Waals surface area contributed by atoms with Gasteiger partial charge in [0.05, 0.1) is 12.2 Å². The lowest BCUT2D eigenvalue weighted by atomic mass is 10.2. The molecule has 2 heterocycles. The summed E-state index contributed by atoms with van der Waals surface area (Å²) in [5.41, 5.74) is 4.64. The third-order valence-electron chi connectivity index (χ3n) is 5.22. The van der Waals surface area contributed by atoms with Crippen LogP contribution in [0.4, 0.5) is 11.4 Å². The van der Waals surface area contributed by atoms with E-state index in [1.54, 1.807) is 17.0 Å². The van der Waals surface area contributed by atoms with E-state index in [9.17, 15) is 9.59 Å². The molecule has 1 aromatic heterocycles. The van der Waals surface area contributed by atoms with Crippen molar-refractivity contribution in [3.05, 3.63) is 71.5 Å². The number of carbonyl (C=O) groups is 2. The highest BCUT2D eigenvalue weighted by molar-refractivity contribution is 5.95. The van der Waals surface area contributed by atoms with Gasteiger partial charge in [-0.1, -0.05) is 18.2 Å². The number of hydrogen-bond donors (Lipinski definition) is 1. The number of anilines is 2. The van der Waals surface area contributed by atoms with Crippen LogP contribution in [-0.4, -0.2) is 34.7 Å². The molecular weight excluding hydrogens is 392 g/mol. The third kappa shape index (κ3) is 5.12. The van der Waals surface area contributed by atoms with Crippen molar-refractivity contribution in [3.63, 3.8) is 0 Å². The molecule has 0 unspecified atom stereocenters. The van der Waals surface area contributed by atoms with Crippen LogP contribution >= 0.6 is 0 Å². The quantitative estimate of drug-likeness (QED) is 0.635. The average Bonchev–Trinajstić information content (AvgIpc) is 3.31. The number of aryl methyl sites for hydroxylation is 2. The van der Waals surface area contributed by atoms with E-state index in [0.717, 1.165) is 35.6 Å². The third-order valence-corrected chi connectivity index (χ3v) is 5.22. The van der Waals surface area contributed by atoms with Gasteiger partial charge in [0.2, 0.25) is 5.91 Å². The Hall–Kier alpha value is -3.61. The summed E-state index contributed by atoms with van der Waals surface area (Å²) in [7, 11) is 0. The number of amides is 2. The van der Waals surface area contributed by atoms with Crippen LogP contribution in [-0.2, 0) is 16.1 Å². The molecule has 1 fully saturated rings. The fourth-order valence-corrected chi connectivity index (χ4v) is 3.76. The van der Waals surface area contributed by atoms with E-state index in [1.165, 1.54) is 0 Å². The summed E-state index contributed by atoms with van der Waals surface area (Å²) < 4.78 is 7.60. The first-order valence-corrected chi connectivity index (χ1v) is 10.4. The Morgan fingerprint density at radius 2 is 1.97 bits per heavy atom. The molecule has 160 valence electrons. The number of carbonyl (C=O) groups excluding carboxylic acids is 2. The van der Waals surface area contributed by atoms with Crippen LogP contribution < -0.4 is 15.0 Å². The van der Waals surface area contributed by atoms with Crippen molar-refractivity contribution in [2.45, 2.75) is 33.2 Å². The molecule has 3 aromatic rings. The molecule has 2 amide bonds. The van der Waals surface area contributed by atoms with Crippen LogP contribution in [0.1, 0.15) is 29.8 Å². The fourth-order valence-electron chi connectivity index (χ4n) is 3.76. The summed E-state index contributed by atoms with van der Waals surface area (Å²) >= 11 is 0. The smallest absolute Gasteiger partial charge is 0.262 e. The van der Waals surface area contributed by atoms with Crippen molar-refractivity contribution in [1.82, 2.24) is 9.78 Å². The summed E-state index contributed by atoms with van der Waals surface area (Å²) in [5.74, 6) is 0.437. The maximum atomic E-state index is 12.4. The summed E-state index contributed by atoms with van der Waals surface area (Å²) in [5, 5.41) is 7.36. The molecule has 1 N–H and O–H groups in total. The van der Waals surface area contributed by atoms with Gasteiger partial charge in [0.25, 0.3) is 5.91 Å². The number of benzene rings is 2.